The van der Waals surface area contributed by atoms with Gasteiger partial charge in [-0.05, 0) is 17.7 Å². The van der Waals surface area contributed by atoms with Crippen LogP contribution in [0.5, 0.6) is 0 Å². The van der Waals surface area contributed by atoms with E-state index in [0.29, 0.717) is 0 Å². The van der Waals surface area contributed by atoms with E-state index in [1.807, 2.05) is 0 Å². The lowest BCUT2D eigenvalue weighted by Crippen LogP contribution is -2.36. The first-order valence-corrected chi connectivity index (χ1v) is 4.36. The van der Waals surface area contributed by atoms with Crippen molar-refractivity contribution in [1.82, 2.24) is 0 Å². The fourth-order valence-corrected chi connectivity index (χ4v) is 1.16. The topological polar surface area (TPSA) is 70.0 Å². The summed E-state index contributed by atoms with van der Waals surface area (Å²) >= 11 is 0. The molecule has 1 rings (SSSR count). The molecule has 3 nitrogen and oxygen atoms in total. The molecule has 0 unspecified atom stereocenters. The number of nitriles is 1. The number of aliphatic hydroxyl groups is 1. The van der Waals surface area contributed by atoms with Gasteiger partial charge < -0.3 is 10.8 Å². The van der Waals surface area contributed by atoms with Gasteiger partial charge in [-0.2, -0.15) is 5.26 Å². The molecule has 6 heteroatoms. The third kappa shape index (κ3) is 2.32. The quantitative estimate of drug-likeness (QED) is 0.822. The lowest BCUT2D eigenvalue weighted by atomic mass is 10.00. The van der Waals surface area contributed by atoms with Crippen molar-refractivity contribution in [2.45, 2.75) is 12.0 Å². The molecule has 0 heterocycles. The highest BCUT2D eigenvalue weighted by molar-refractivity contribution is 5.36. The number of halogens is 3. The maximum atomic E-state index is 13.0. The van der Waals surface area contributed by atoms with Crippen molar-refractivity contribution in [2.24, 2.45) is 5.73 Å². The highest BCUT2D eigenvalue weighted by Crippen LogP contribution is 2.29. The molecule has 0 bridgehead atoms. The maximum Gasteiger partial charge on any atom is 0.289 e. The van der Waals surface area contributed by atoms with E-state index in [4.69, 9.17) is 16.1 Å². The smallest absolute Gasteiger partial charge is 0.289 e. The summed E-state index contributed by atoms with van der Waals surface area (Å²) in [7, 11) is 0. The maximum absolute atomic E-state index is 13.0. The molecule has 1 aromatic carbocycles. The SMILES string of the molecule is N#Cc1cc([C@@H](N)C(F)(F)CO)ccc1F. The number of nitrogens with two attached hydrogens (primary N) is 1. The summed E-state index contributed by atoms with van der Waals surface area (Å²) in [6, 6.07) is 2.65. The van der Waals surface area contributed by atoms with Crippen LogP contribution in [0.3, 0.4) is 0 Å². The molecule has 0 saturated heterocycles. The van der Waals surface area contributed by atoms with Gasteiger partial charge in [0.25, 0.3) is 5.92 Å². The zero-order valence-corrected chi connectivity index (χ0v) is 8.12. The van der Waals surface area contributed by atoms with E-state index in [0.717, 1.165) is 18.2 Å². The Morgan fingerprint density at radius 3 is 2.62 bits per heavy atom. The van der Waals surface area contributed by atoms with Crippen LogP contribution in [0.2, 0.25) is 0 Å². The first-order chi connectivity index (χ1) is 7.42. The van der Waals surface area contributed by atoms with E-state index >= 15 is 0 Å². The largest absolute Gasteiger partial charge is 0.390 e. The molecule has 0 aliphatic carbocycles. The van der Waals surface area contributed by atoms with Crippen molar-refractivity contribution in [3.8, 4) is 6.07 Å². The number of nitrogens with zero attached hydrogens (tertiary/aromatic N) is 1. The van der Waals surface area contributed by atoms with E-state index in [9.17, 15) is 13.2 Å². The minimum absolute atomic E-state index is 0.1000. The van der Waals surface area contributed by atoms with Crippen molar-refractivity contribution in [1.29, 1.82) is 5.26 Å². The molecule has 0 aromatic heterocycles. The van der Waals surface area contributed by atoms with Crippen LogP contribution in [0.25, 0.3) is 0 Å². The fraction of sp³-hybridized carbons (Fsp3) is 0.300. The monoisotopic (exact) mass is 230 g/mol. The van der Waals surface area contributed by atoms with Gasteiger partial charge in [-0.25, -0.2) is 13.2 Å². The van der Waals surface area contributed by atoms with E-state index in [2.05, 4.69) is 0 Å². The van der Waals surface area contributed by atoms with Crippen molar-refractivity contribution in [3.05, 3.63) is 35.1 Å². The minimum atomic E-state index is -3.51. The first kappa shape index (κ1) is 12.5. The van der Waals surface area contributed by atoms with Crippen LogP contribution in [-0.2, 0) is 0 Å². The molecule has 0 aliphatic heterocycles. The lowest BCUT2D eigenvalue weighted by molar-refractivity contribution is -0.0712. The van der Waals surface area contributed by atoms with Gasteiger partial charge in [-0.15, -0.1) is 0 Å². The summed E-state index contributed by atoms with van der Waals surface area (Å²) < 4.78 is 38.9. The van der Waals surface area contributed by atoms with Gasteiger partial charge in [0.05, 0.1) is 11.6 Å². The van der Waals surface area contributed by atoms with E-state index in [1.165, 1.54) is 6.07 Å². The third-order valence-corrected chi connectivity index (χ3v) is 2.14. The number of benzene rings is 1. The Bertz CT molecular complexity index is 429. The molecule has 0 aliphatic rings. The van der Waals surface area contributed by atoms with Gasteiger partial charge in [-0.1, -0.05) is 6.07 Å². The highest BCUT2D eigenvalue weighted by atomic mass is 19.3. The molecule has 0 radical (unpaired) electrons. The van der Waals surface area contributed by atoms with Crippen LogP contribution in [0.4, 0.5) is 13.2 Å². The summed E-state index contributed by atoms with van der Waals surface area (Å²) in [5.41, 5.74) is 4.76. The number of aliphatic hydroxyl groups excluding tert-OH is 1. The van der Waals surface area contributed by atoms with Gasteiger partial charge in [0.2, 0.25) is 0 Å². The van der Waals surface area contributed by atoms with Crippen LogP contribution in [0.1, 0.15) is 17.2 Å². The number of hydrogen-bond acceptors (Lipinski definition) is 3. The molecule has 0 fully saturated rings. The third-order valence-electron chi connectivity index (χ3n) is 2.14. The van der Waals surface area contributed by atoms with Gasteiger partial charge in [-0.3, -0.25) is 0 Å². The minimum Gasteiger partial charge on any atom is -0.390 e. The van der Waals surface area contributed by atoms with Gasteiger partial charge in [0.15, 0.2) is 0 Å². The number of alkyl halides is 2. The summed E-state index contributed by atoms with van der Waals surface area (Å²) in [5.74, 6) is -4.31. The Hall–Kier alpha value is -1.58. The zero-order valence-electron chi connectivity index (χ0n) is 8.12. The summed E-state index contributed by atoms with van der Waals surface area (Å²) in [5, 5.41) is 17.0. The first-order valence-electron chi connectivity index (χ1n) is 4.36. The van der Waals surface area contributed by atoms with E-state index in [1.54, 1.807) is 0 Å². The molecular formula is C10H9F3N2O. The lowest BCUT2D eigenvalue weighted by Gasteiger charge is -2.21. The Morgan fingerprint density at radius 2 is 2.12 bits per heavy atom. The molecule has 0 amide bonds. The van der Waals surface area contributed by atoms with Crippen LogP contribution in [-0.4, -0.2) is 17.6 Å². The summed E-state index contributed by atoms with van der Waals surface area (Å²) in [6.07, 6.45) is 0. The van der Waals surface area contributed by atoms with E-state index in [-0.39, 0.29) is 11.1 Å². The van der Waals surface area contributed by atoms with Crippen LogP contribution in [0.15, 0.2) is 18.2 Å². The molecule has 0 saturated carbocycles. The van der Waals surface area contributed by atoms with Crippen LogP contribution in [0, 0.1) is 17.1 Å². The van der Waals surface area contributed by atoms with E-state index < -0.39 is 24.4 Å². The molecule has 1 aromatic rings. The molecule has 1 atom stereocenters. The van der Waals surface area contributed by atoms with Gasteiger partial charge in [0, 0.05) is 0 Å². The molecule has 86 valence electrons. The molecule has 0 spiro atoms. The second-order valence-corrected chi connectivity index (χ2v) is 3.25. The predicted molar refractivity (Wildman–Crippen MR) is 50.1 cm³/mol. The standard InChI is InChI=1S/C10H9F3N2O/c11-8-2-1-6(3-7(8)4-14)9(15)10(12,13)5-16/h1-3,9,16H,5,15H2/t9-/m1/s1. The predicted octanol–water partition coefficient (Wildman–Crippen LogP) is 1.32. The zero-order chi connectivity index (χ0) is 12.3. The van der Waals surface area contributed by atoms with Crippen LogP contribution < -0.4 is 5.73 Å². The Labute approximate surface area is 89.9 Å². The normalized spacial score (nSPS) is 13.2. The van der Waals surface area contributed by atoms with Gasteiger partial charge >= 0.3 is 0 Å². The highest BCUT2D eigenvalue weighted by Gasteiger charge is 2.37. The second kappa shape index (κ2) is 4.51. The molecular weight excluding hydrogens is 221 g/mol. The van der Waals surface area contributed by atoms with Crippen molar-refractivity contribution >= 4 is 0 Å². The Kier molecular flexibility index (Phi) is 3.52. The van der Waals surface area contributed by atoms with Crippen molar-refractivity contribution < 1.29 is 18.3 Å². The van der Waals surface area contributed by atoms with Crippen molar-refractivity contribution in [3.63, 3.8) is 0 Å². The van der Waals surface area contributed by atoms with Crippen LogP contribution >= 0.6 is 0 Å². The van der Waals surface area contributed by atoms with Crippen molar-refractivity contribution in [2.75, 3.05) is 6.61 Å². The Morgan fingerprint density at radius 1 is 1.50 bits per heavy atom. The molecule has 16 heavy (non-hydrogen) atoms. The van der Waals surface area contributed by atoms with Gasteiger partial charge in [0.1, 0.15) is 18.5 Å². The summed E-state index contributed by atoms with van der Waals surface area (Å²) in [6.45, 7) is -1.41. The molecule has 3 N–H and O–H groups in total. The average molecular weight is 230 g/mol. The number of rotatable bonds is 3. The Balaban J connectivity index is 3.11. The fourth-order valence-electron chi connectivity index (χ4n) is 1.16. The second-order valence-electron chi connectivity index (χ2n) is 3.25. The average Bonchev–Trinajstić information content (AvgIpc) is 2.28. The summed E-state index contributed by atoms with van der Waals surface area (Å²) in [4.78, 5) is 0. The number of hydrogen-bond donors (Lipinski definition) is 2.